The summed E-state index contributed by atoms with van der Waals surface area (Å²) in [6.07, 6.45) is 0. The Balaban J connectivity index is 1.94. The van der Waals surface area contributed by atoms with Gasteiger partial charge < -0.3 is 10.1 Å². The van der Waals surface area contributed by atoms with E-state index in [1.165, 1.54) is 31.4 Å². The molecule has 3 aromatic carbocycles. The number of amides is 1. The van der Waals surface area contributed by atoms with E-state index in [4.69, 9.17) is 16.3 Å². The summed E-state index contributed by atoms with van der Waals surface area (Å²) >= 11 is 5.89. The Labute approximate surface area is 181 Å². The molecule has 0 unspecified atom stereocenters. The molecule has 8 heteroatoms. The Hall–Kier alpha value is -3.03. The highest BCUT2D eigenvalue weighted by atomic mass is 35.5. The van der Waals surface area contributed by atoms with Crippen molar-refractivity contribution in [2.75, 3.05) is 23.3 Å². The lowest BCUT2D eigenvalue weighted by Crippen LogP contribution is -2.38. The molecule has 0 aliphatic rings. The molecule has 0 radical (unpaired) electrons. The molecule has 3 aromatic rings. The first kappa shape index (κ1) is 21.7. The van der Waals surface area contributed by atoms with Gasteiger partial charge in [0.2, 0.25) is 5.91 Å². The quantitative estimate of drug-likeness (QED) is 0.582. The van der Waals surface area contributed by atoms with Crippen molar-refractivity contribution in [3.63, 3.8) is 0 Å². The summed E-state index contributed by atoms with van der Waals surface area (Å²) in [5.74, 6) is -0.0223. The predicted molar refractivity (Wildman–Crippen MR) is 119 cm³/mol. The zero-order valence-corrected chi connectivity index (χ0v) is 18.1. The first-order chi connectivity index (χ1) is 14.3. The summed E-state index contributed by atoms with van der Waals surface area (Å²) < 4.78 is 32.9. The van der Waals surface area contributed by atoms with Gasteiger partial charge in [0.05, 0.1) is 23.4 Å². The predicted octanol–water partition coefficient (Wildman–Crippen LogP) is 4.49. The van der Waals surface area contributed by atoms with Gasteiger partial charge in [-0.15, -0.1) is 0 Å². The van der Waals surface area contributed by atoms with Crippen LogP contribution in [-0.2, 0) is 14.8 Å². The van der Waals surface area contributed by atoms with Crippen LogP contribution in [0, 0.1) is 6.92 Å². The van der Waals surface area contributed by atoms with E-state index in [1.807, 2.05) is 6.92 Å². The number of anilines is 2. The van der Waals surface area contributed by atoms with Crippen molar-refractivity contribution in [3.8, 4) is 5.75 Å². The number of halogens is 1. The van der Waals surface area contributed by atoms with Crippen LogP contribution < -0.4 is 14.4 Å². The van der Waals surface area contributed by atoms with Crippen molar-refractivity contribution in [3.05, 3.63) is 83.4 Å². The fourth-order valence-corrected chi connectivity index (χ4v) is 4.37. The van der Waals surface area contributed by atoms with Crippen LogP contribution in [0.2, 0.25) is 5.02 Å². The molecule has 0 atom stereocenters. The van der Waals surface area contributed by atoms with Gasteiger partial charge in [-0.2, -0.15) is 0 Å². The molecule has 0 heterocycles. The average molecular weight is 445 g/mol. The Kier molecular flexibility index (Phi) is 6.64. The van der Waals surface area contributed by atoms with Crippen molar-refractivity contribution in [2.24, 2.45) is 0 Å². The van der Waals surface area contributed by atoms with Crippen LogP contribution in [0.15, 0.2) is 77.7 Å². The molecule has 0 spiro atoms. The molecule has 0 saturated heterocycles. The SMILES string of the molecule is COc1ccccc1NC(=O)CN(c1ccc(C)cc1)S(=O)(=O)c1ccc(Cl)cc1. The summed E-state index contributed by atoms with van der Waals surface area (Å²) in [7, 11) is -2.51. The minimum absolute atomic E-state index is 0.0394. The van der Waals surface area contributed by atoms with Gasteiger partial charge in [-0.1, -0.05) is 41.4 Å². The van der Waals surface area contributed by atoms with Gasteiger partial charge in [0.25, 0.3) is 10.0 Å². The number of para-hydroxylation sites is 2. The summed E-state index contributed by atoms with van der Waals surface area (Å²) in [6.45, 7) is 1.49. The molecule has 3 rings (SSSR count). The maximum absolute atomic E-state index is 13.3. The van der Waals surface area contributed by atoms with Crippen molar-refractivity contribution in [1.29, 1.82) is 0 Å². The molecule has 0 aliphatic heterocycles. The second-order valence-electron chi connectivity index (χ2n) is 6.55. The summed E-state index contributed by atoms with van der Waals surface area (Å²) in [4.78, 5) is 12.8. The van der Waals surface area contributed by atoms with Gasteiger partial charge in [-0.25, -0.2) is 8.42 Å². The number of ether oxygens (including phenoxy) is 1. The van der Waals surface area contributed by atoms with E-state index in [0.717, 1.165) is 9.87 Å². The van der Waals surface area contributed by atoms with Gasteiger partial charge in [-0.3, -0.25) is 9.10 Å². The second kappa shape index (κ2) is 9.19. The fraction of sp³-hybridized carbons (Fsp3) is 0.136. The van der Waals surface area contributed by atoms with E-state index in [2.05, 4.69) is 5.32 Å². The molecule has 0 aliphatic carbocycles. The molecule has 156 valence electrons. The number of carbonyl (C=O) groups is 1. The second-order valence-corrected chi connectivity index (χ2v) is 8.85. The van der Waals surface area contributed by atoms with Crippen molar-refractivity contribution >= 4 is 38.9 Å². The van der Waals surface area contributed by atoms with Crippen LogP contribution in [-0.4, -0.2) is 28.0 Å². The van der Waals surface area contributed by atoms with E-state index in [9.17, 15) is 13.2 Å². The Morgan fingerprint density at radius 3 is 2.27 bits per heavy atom. The zero-order chi connectivity index (χ0) is 21.7. The monoisotopic (exact) mass is 444 g/mol. The molecule has 1 amide bonds. The number of nitrogens with one attached hydrogen (secondary N) is 1. The van der Waals surface area contributed by atoms with E-state index in [0.29, 0.717) is 22.1 Å². The van der Waals surface area contributed by atoms with Gasteiger partial charge in [0.15, 0.2) is 0 Å². The first-order valence-corrected chi connectivity index (χ1v) is 10.9. The lowest BCUT2D eigenvalue weighted by Gasteiger charge is -2.24. The molecule has 0 fully saturated rings. The largest absolute Gasteiger partial charge is 0.495 e. The normalized spacial score (nSPS) is 11.0. The maximum Gasteiger partial charge on any atom is 0.264 e. The summed E-state index contributed by atoms with van der Waals surface area (Å²) in [5.41, 5.74) is 1.81. The molecular weight excluding hydrogens is 424 g/mol. The molecule has 0 aromatic heterocycles. The van der Waals surface area contributed by atoms with E-state index in [1.54, 1.807) is 48.5 Å². The van der Waals surface area contributed by atoms with Crippen LogP contribution in [0.4, 0.5) is 11.4 Å². The first-order valence-electron chi connectivity index (χ1n) is 9.09. The molecule has 30 heavy (non-hydrogen) atoms. The van der Waals surface area contributed by atoms with E-state index >= 15 is 0 Å². The summed E-state index contributed by atoms with van der Waals surface area (Å²) in [5, 5.41) is 3.14. The topological polar surface area (TPSA) is 75.7 Å². The number of benzene rings is 3. The number of hydrogen-bond donors (Lipinski definition) is 1. The molecule has 0 bridgehead atoms. The lowest BCUT2D eigenvalue weighted by molar-refractivity contribution is -0.114. The summed E-state index contributed by atoms with van der Waals surface area (Å²) in [6, 6.07) is 19.6. The number of nitrogens with zero attached hydrogens (tertiary/aromatic N) is 1. The number of rotatable bonds is 7. The molecule has 0 saturated carbocycles. The fourth-order valence-electron chi connectivity index (χ4n) is 2.83. The number of aryl methyl sites for hydroxylation is 1. The standard InChI is InChI=1S/C22H21ClN2O4S/c1-16-7-11-18(12-8-16)25(30(27,28)19-13-9-17(23)10-14-19)15-22(26)24-20-5-3-4-6-21(20)29-2/h3-14H,15H2,1-2H3,(H,24,26). The van der Waals surface area contributed by atoms with Crippen molar-refractivity contribution in [1.82, 2.24) is 0 Å². The highest BCUT2D eigenvalue weighted by Crippen LogP contribution is 2.26. The Morgan fingerprint density at radius 1 is 1.00 bits per heavy atom. The highest BCUT2D eigenvalue weighted by molar-refractivity contribution is 7.92. The van der Waals surface area contributed by atoms with Crippen LogP contribution in [0.1, 0.15) is 5.56 Å². The van der Waals surface area contributed by atoms with Crippen LogP contribution in [0.5, 0.6) is 5.75 Å². The van der Waals surface area contributed by atoms with E-state index < -0.39 is 22.5 Å². The van der Waals surface area contributed by atoms with Crippen molar-refractivity contribution in [2.45, 2.75) is 11.8 Å². The van der Waals surface area contributed by atoms with Crippen LogP contribution in [0.3, 0.4) is 0 Å². The zero-order valence-electron chi connectivity index (χ0n) is 16.5. The maximum atomic E-state index is 13.3. The molecule has 1 N–H and O–H groups in total. The minimum Gasteiger partial charge on any atom is -0.495 e. The van der Waals surface area contributed by atoms with Crippen LogP contribution in [0.25, 0.3) is 0 Å². The van der Waals surface area contributed by atoms with Gasteiger partial charge >= 0.3 is 0 Å². The third-order valence-corrected chi connectivity index (χ3v) is 6.43. The average Bonchev–Trinajstić information content (AvgIpc) is 2.73. The van der Waals surface area contributed by atoms with E-state index in [-0.39, 0.29) is 4.90 Å². The van der Waals surface area contributed by atoms with Crippen molar-refractivity contribution < 1.29 is 17.9 Å². The minimum atomic E-state index is -4.00. The highest BCUT2D eigenvalue weighted by Gasteiger charge is 2.27. The lowest BCUT2D eigenvalue weighted by atomic mass is 10.2. The third-order valence-electron chi connectivity index (χ3n) is 4.39. The molecular formula is C22H21ClN2O4S. The number of methoxy groups -OCH3 is 1. The number of sulfonamides is 1. The smallest absolute Gasteiger partial charge is 0.264 e. The van der Waals surface area contributed by atoms with Crippen LogP contribution >= 0.6 is 11.6 Å². The van der Waals surface area contributed by atoms with Gasteiger partial charge in [0.1, 0.15) is 12.3 Å². The van der Waals surface area contributed by atoms with Gasteiger partial charge in [0, 0.05) is 5.02 Å². The molecule has 6 nitrogen and oxygen atoms in total. The van der Waals surface area contributed by atoms with Gasteiger partial charge in [-0.05, 0) is 55.5 Å². The Bertz CT molecular complexity index is 1130. The number of carbonyl (C=O) groups excluding carboxylic acids is 1. The number of hydrogen-bond acceptors (Lipinski definition) is 4. The third kappa shape index (κ3) is 4.93. The Morgan fingerprint density at radius 2 is 1.63 bits per heavy atom.